The SMILES string of the molecule is Cc1cc2c3c(c1)nc(C)n3C(C)CC2. The van der Waals surface area contributed by atoms with Gasteiger partial charge >= 0.3 is 0 Å². The number of nitrogens with zero attached hydrogens (tertiary/aromatic N) is 2. The molecule has 0 radical (unpaired) electrons. The Hall–Kier alpha value is -1.31. The number of aromatic nitrogens is 2. The van der Waals surface area contributed by atoms with E-state index in [1.54, 1.807) is 0 Å². The van der Waals surface area contributed by atoms with Gasteiger partial charge in [-0.25, -0.2) is 4.98 Å². The summed E-state index contributed by atoms with van der Waals surface area (Å²) in [6.07, 6.45) is 2.44. The lowest BCUT2D eigenvalue weighted by molar-refractivity contribution is 0.491. The third-order valence-electron chi connectivity index (χ3n) is 3.46. The molecule has 1 atom stereocenters. The summed E-state index contributed by atoms with van der Waals surface area (Å²) in [5, 5.41) is 0. The average Bonchev–Trinajstić information content (AvgIpc) is 2.49. The fraction of sp³-hybridized carbons (Fsp3) is 0.462. The van der Waals surface area contributed by atoms with Crippen molar-refractivity contribution in [2.45, 2.75) is 39.7 Å². The van der Waals surface area contributed by atoms with E-state index in [1.165, 1.54) is 35.0 Å². The lowest BCUT2D eigenvalue weighted by atomic mass is 9.98. The van der Waals surface area contributed by atoms with Crippen LogP contribution in [0.1, 0.15) is 36.3 Å². The van der Waals surface area contributed by atoms with Crippen molar-refractivity contribution in [3.05, 3.63) is 29.1 Å². The zero-order valence-corrected chi connectivity index (χ0v) is 9.54. The summed E-state index contributed by atoms with van der Waals surface area (Å²) in [6.45, 7) is 6.56. The molecule has 0 spiro atoms. The average molecular weight is 200 g/mol. The molecule has 1 aromatic heterocycles. The standard InChI is InChI=1S/C13H16N2/c1-8-6-11-5-4-9(2)15-10(3)14-12(7-8)13(11)15/h6-7,9H,4-5H2,1-3H3. The summed E-state index contributed by atoms with van der Waals surface area (Å²) in [5.41, 5.74) is 5.35. The van der Waals surface area contributed by atoms with Crippen molar-refractivity contribution in [3.63, 3.8) is 0 Å². The second-order valence-electron chi connectivity index (χ2n) is 4.71. The summed E-state index contributed by atoms with van der Waals surface area (Å²) in [5.74, 6) is 1.16. The van der Waals surface area contributed by atoms with Crippen molar-refractivity contribution < 1.29 is 0 Å². The van der Waals surface area contributed by atoms with Crippen LogP contribution < -0.4 is 0 Å². The van der Waals surface area contributed by atoms with E-state index in [9.17, 15) is 0 Å². The van der Waals surface area contributed by atoms with Gasteiger partial charge in [0.05, 0.1) is 11.0 Å². The zero-order chi connectivity index (χ0) is 10.6. The normalized spacial score (nSPS) is 19.8. The first kappa shape index (κ1) is 8.96. The monoisotopic (exact) mass is 200 g/mol. The second kappa shape index (κ2) is 2.84. The molecule has 0 N–H and O–H groups in total. The Morgan fingerprint density at radius 3 is 2.93 bits per heavy atom. The summed E-state index contributed by atoms with van der Waals surface area (Å²) in [7, 11) is 0. The van der Waals surface area contributed by atoms with Gasteiger partial charge in [-0.05, 0) is 50.8 Å². The summed E-state index contributed by atoms with van der Waals surface area (Å²) < 4.78 is 2.40. The maximum absolute atomic E-state index is 4.66. The Bertz CT molecular complexity index is 537. The number of rotatable bonds is 0. The van der Waals surface area contributed by atoms with Crippen LogP contribution in [0.4, 0.5) is 0 Å². The first-order chi connectivity index (χ1) is 7.16. The van der Waals surface area contributed by atoms with Crippen LogP contribution in [0.25, 0.3) is 11.0 Å². The number of hydrogen-bond donors (Lipinski definition) is 0. The van der Waals surface area contributed by atoms with Gasteiger partial charge in [-0.3, -0.25) is 0 Å². The Labute approximate surface area is 89.9 Å². The molecule has 0 bridgehead atoms. The van der Waals surface area contributed by atoms with E-state index in [1.807, 2.05) is 0 Å². The Kier molecular flexibility index (Phi) is 1.70. The van der Waals surface area contributed by atoms with Crippen LogP contribution in [0.2, 0.25) is 0 Å². The zero-order valence-electron chi connectivity index (χ0n) is 9.54. The molecule has 2 heterocycles. The smallest absolute Gasteiger partial charge is 0.106 e. The molecule has 0 amide bonds. The van der Waals surface area contributed by atoms with Gasteiger partial charge in [-0.2, -0.15) is 0 Å². The first-order valence-electron chi connectivity index (χ1n) is 5.65. The van der Waals surface area contributed by atoms with Gasteiger partial charge in [-0.15, -0.1) is 0 Å². The summed E-state index contributed by atoms with van der Waals surface area (Å²) in [4.78, 5) is 4.66. The molecule has 1 aliphatic rings. The number of hydrogen-bond acceptors (Lipinski definition) is 1. The van der Waals surface area contributed by atoms with Crippen molar-refractivity contribution in [3.8, 4) is 0 Å². The maximum atomic E-state index is 4.66. The molecule has 1 aliphatic heterocycles. The fourth-order valence-corrected chi connectivity index (χ4v) is 2.81. The highest BCUT2D eigenvalue weighted by Gasteiger charge is 2.21. The molecule has 1 aromatic carbocycles. The van der Waals surface area contributed by atoms with Crippen LogP contribution in [0, 0.1) is 13.8 Å². The second-order valence-corrected chi connectivity index (χ2v) is 4.71. The highest BCUT2D eigenvalue weighted by Crippen LogP contribution is 2.32. The minimum absolute atomic E-state index is 0.602. The minimum Gasteiger partial charge on any atom is -0.325 e. The molecule has 0 saturated carbocycles. The molecule has 1 unspecified atom stereocenters. The Balaban J connectivity index is 2.46. The van der Waals surface area contributed by atoms with Crippen molar-refractivity contribution in [2.75, 3.05) is 0 Å². The van der Waals surface area contributed by atoms with Crippen LogP contribution in [-0.2, 0) is 6.42 Å². The van der Waals surface area contributed by atoms with Crippen LogP contribution in [0.3, 0.4) is 0 Å². The summed E-state index contributed by atoms with van der Waals surface area (Å²) >= 11 is 0. The molecule has 0 fully saturated rings. The van der Waals surface area contributed by atoms with Gasteiger partial charge < -0.3 is 4.57 Å². The number of aryl methyl sites for hydroxylation is 3. The van der Waals surface area contributed by atoms with E-state index < -0.39 is 0 Å². The molecule has 3 rings (SSSR count). The van der Waals surface area contributed by atoms with Crippen LogP contribution in [0.5, 0.6) is 0 Å². The van der Waals surface area contributed by atoms with Gasteiger partial charge in [0, 0.05) is 6.04 Å². The molecular weight excluding hydrogens is 184 g/mol. The maximum Gasteiger partial charge on any atom is 0.106 e. The third kappa shape index (κ3) is 1.14. The van der Waals surface area contributed by atoms with E-state index in [0.29, 0.717) is 6.04 Å². The molecule has 15 heavy (non-hydrogen) atoms. The molecule has 2 heteroatoms. The lowest BCUT2D eigenvalue weighted by Crippen LogP contribution is -2.14. The van der Waals surface area contributed by atoms with Crippen molar-refractivity contribution in [1.29, 1.82) is 0 Å². The van der Waals surface area contributed by atoms with Gasteiger partial charge in [0.25, 0.3) is 0 Å². The van der Waals surface area contributed by atoms with E-state index in [2.05, 4.69) is 42.5 Å². The van der Waals surface area contributed by atoms with Crippen molar-refractivity contribution >= 4 is 11.0 Å². The van der Waals surface area contributed by atoms with Crippen LogP contribution >= 0.6 is 0 Å². The van der Waals surface area contributed by atoms with E-state index in [0.717, 1.165) is 5.82 Å². The van der Waals surface area contributed by atoms with Crippen molar-refractivity contribution in [1.82, 2.24) is 9.55 Å². The molecule has 2 aromatic rings. The highest BCUT2D eigenvalue weighted by molar-refractivity contribution is 5.81. The number of benzene rings is 1. The van der Waals surface area contributed by atoms with E-state index in [-0.39, 0.29) is 0 Å². The largest absolute Gasteiger partial charge is 0.325 e. The molecule has 0 aliphatic carbocycles. The number of imidazole rings is 1. The van der Waals surface area contributed by atoms with Gasteiger partial charge in [0.1, 0.15) is 5.82 Å². The Morgan fingerprint density at radius 1 is 1.33 bits per heavy atom. The van der Waals surface area contributed by atoms with Crippen LogP contribution in [0.15, 0.2) is 12.1 Å². The van der Waals surface area contributed by atoms with Gasteiger partial charge in [-0.1, -0.05) is 6.07 Å². The van der Waals surface area contributed by atoms with E-state index in [4.69, 9.17) is 0 Å². The minimum atomic E-state index is 0.602. The predicted molar refractivity (Wildman–Crippen MR) is 62.2 cm³/mol. The lowest BCUT2D eigenvalue weighted by Gasteiger charge is -2.23. The highest BCUT2D eigenvalue weighted by atomic mass is 15.1. The fourth-order valence-electron chi connectivity index (χ4n) is 2.81. The molecule has 78 valence electrons. The topological polar surface area (TPSA) is 17.8 Å². The first-order valence-corrected chi connectivity index (χ1v) is 5.65. The van der Waals surface area contributed by atoms with Gasteiger partial charge in [0.15, 0.2) is 0 Å². The third-order valence-corrected chi connectivity index (χ3v) is 3.46. The predicted octanol–water partition coefficient (Wildman–Crippen LogP) is 3.16. The summed E-state index contributed by atoms with van der Waals surface area (Å²) in [6, 6.07) is 5.11. The molecule has 2 nitrogen and oxygen atoms in total. The van der Waals surface area contributed by atoms with Gasteiger partial charge in [0.2, 0.25) is 0 Å². The van der Waals surface area contributed by atoms with E-state index >= 15 is 0 Å². The van der Waals surface area contributed by atoms with Crippen molar-refractivity contribution in [2.24, 2.45) is 0 Å². The molecule has 0 saturated heterocycles. The quantitative estimate of drug-likeness (QED) is 0.638. The Morgan fingerprint density at radius 2 is 2.13 bits per heavy atom. The van der Waals surface area contributed by atoms with Crippen LogP contribution in [-0.4, -0.2) is 9.55 Å². The molecular formula is C13H16N2.